The number of carbonyl (C=O) groups is 1. The van der Waals surface area contributed by atoms with Crippen molar-refractivity contribution in [2.24, 2.45) is 23.7 Å². The van der Waals surface area contributed by atoms with Crippen molar-refractivity contribution in [3.05, 3.63) is 12.7 Å². The van der Waals surface area contributed by atoms with E-state index in [9.17, 15) is 4.79 Å². The van der Waals surface area contributed by atoms with Crippen molar-refractivity contribution in [2.45, 2.75) is 47.1 Å². The zero-order valence-corrected chi connectivity index (χ0v) is 11.9. The topological polar surface area (TPSA) is 20.3 Å². The van der Waals surface area contributed by atoms with Crippen LogP contribution < -0.4 is 0 Å². The molecule has 98 valence electrons. The molecule has 0 aliphatic carbocycles. The minimum Gasteiger partial charge on any atom is -0.336 e. The zero-order chi connectivity index (χ0) is 13.2. The summed E-state index contributed by atoms with van der Waals surface area (Å²) in [6, 6.07) is 0.350. The van der Waals surface area contributed by atoms with Crippen LogP contribution in [0, 0.1) is 23.7 Å². The molecule has 0 N–H and O–H groups in total. The number of likely N-dealkylation sites (tertiary alicyclic amines) is 1. The van der Waals surface area contributed by atoms with Gasteiger partial charge < -0.3 is 4.90 Å². The SMILES string of the molecule is C=CC(=O)N1CC(C(C)C)C(C(C)C)CC1C. The number of piperidine rings is 1. The summed E-state index contributed by atoms with van der Waals surface area (Å²) in [5.74, 6) is 2.78. The summed E-state index contributed by atoms with van der Waals surface area (Å²) in [6.45, 7) is 15.8. The molecule has 2 heteroatoms. The van der Waals surface area contributed by atoms with E-state index in [0.717, 1.165) is 18.9 Å². The van der Waals surface area contributed by atoms with E-state index < -0.39 is 0 Å². The number of carbonyl (C=O) groups excluding carboxylic acids is 1. The van der Waals surface area contributed by atoms with Gasteiger partial charge in [-0.2, -0.15) is 0 Å². The fourth-order valence-corrected chi connectivity index (χ4v) is 3.13. The van der Waals surface area contributed by atoms with E-state index in [1.807, 2.05) is 4.90 Å². The second kappa shape index (κ2) is 5.70. The van der Waals surface area contributed by atoms with Gasteiger partial charge in [0.15, 0.2) is 0 Å². The van der Waals surface area contributed by atoms with E-state index in [1.165, 1.54) is 6.08 Å². The summed E-state index contributed by atoms with van der Waals surface area (Å²) >= 11 is 0. The van der Waals surface area contributed by atoms with Gasteiger partial charge in [0.05, 0.1) is 0 Å². The van der Waals surface area contributed by atoms with E-state index >= 15 is 0 Å². The molecule has 0 aromatic rings. The highest BCUT2D eigenvalue weighted by atomic mass is 16.2. The Kier molecular flexibility index (Phi) is 4.79. The highest BCUT2D eigenvalue weighted by Crippen LogP contribution is 2.37. The van der Waals surface area contributed by atoms with Crippen LogP contribution >= 0.6 is 0 Å². The minimum absolute atomic E-state index is 0.0883. The molecule has 0 aromatic heterocycles. The van der Waals surface area contributed by atoms with Gasteiger partial charge in [0.25, 0.3) is 0 Å². The molecule has 1 amide bonds. The van der Waals surface area contributed by atoms with Crippen molar-refractivity contribution in [3.8, 4) is 0 Å². The molecule has 1 rings (SSSR count). The number of rotatable bonds is 3. The number of hydrogen-bond donors (Lipinski definition) is 0. The van der Waals surface area contributed by atoms with Gasteiger partial charge >= 0.3 is 0 Å². The van der Waals surface area contributed by atoms with Crippen LogP contribution in [-0.4, -0.2) is 23.4 Å². The van der Waals surface area contributed by atoms with E-state index in [2.05, 4.69) is 41.2 Å². The lowest BCUT2D eigenvalue weighted by molar-refractivity contribution is -0.132. The molecular weight excluding hydrogens is 210 g/mol. The lowest BCUT2D eigenvalue weighted by Crippen LogP contribution is -2.50. The fraction of sp³-hybridized carbons (Fsp3) is 0.800. The summed E-state index contributed by atoms with van der Waals surface area (Å²) in [6.07, 6.45) is 2.57. The van der Waals surface area contributed by atoms with Gasteiger partial charge in [0.2, 0.25) is 5.91 Å². The first-order valence-corrected chi connectivity index (χ1v) is 6.81. The molecule has 3 atom stereocenters. The maximum Gasteiger partial charge on any atom is 0.246 e. The molecule has 1 fully saturated rings. The van der Waals surface area contributed by atoms with Gasteiger partial charge in [-0.25, -0.2) is 0 Å². The van der Waals surface area contributed by atoms with Crippen molar-refractivity contribution < 1.29 is 4.79 Å². The molecule has 0 bridgehead atoms. The maximum atomic E-state index is 11.8. The normalized spacial score (nSPS) is 29.8. The Morgan fingerprint density at radius 3 is 2.18 bits per heavy atom. The van der Waals surface area contributed by atoms with E-state index in [4.69, 9.17) is 0 Å². The Morgan fingerprint density at radius 2 is 1.76 bits per heavy atom. The molecule has 0 spiro atoms. The van der Waals surface area contributed by atoms with Gasteiger partial charge in [-0.15, -0.1) is 0 Å². The van der Waals surface area contributed by atoms with E-state index in [1.54, 1.807) is 0 Å². The standard InChI is InChI=1S/C15H27NO/c1-7-15(17)16-9-14(11(4)5)13(10(2)3)8-12(16)6/h7,10-14H,1,8-9H2,2-6H3. The van der Waals surface area contributed by atoms with Gasteiger partial charge in [0, 0.05) is 12.6 Å². The maximum absolute atomic E-state index is 11.8. The quantitative estimate of drug-likeness (QED) is 0.689. The third kappa shape index (κ3) is 3.11. The Hall–Kier alpha value is -0.790. The molecule has 17 heavy (non-hydrogen) atoms. The summed E-state index contributed by atoms with van der Waals surface area (Å²) < 4.78 is 0. The van der Waals surface area contributed by atoms with Crippen LogP contribution in [0.25, 0.3) is 0 Å². The summed E-state index contributed by atoms with van der Waals surface area (Å²) in [7, 11) is 0. The first kappa shape index (κ1) is 14.3. The van der Waals surface area contributed by atoms with Gasteiger partial charge in [-0.1, -0.05) is 34.3 Å². The monoisotopic (exact) mass is 237 g/mol. The van der Waals surface area contributed by atoms with Crippen molar-refractivity contribution in [1.29, 1.82) is 0 Å². The van der Waals surface area contributed by atoms with Crippen LogP contribution in [0.15, 0.2) is 12.7 Å². The highest BCUT2D eigenvalue weighted by Gasteiger charge is 2.37. The van der Waals surface area contributed by atoms with Crippen LogP contribution in [-0.2, 0) is 4.79 Å². The predicted octanol–water partition coefficient (Wildman–Crippen LogP) is 3.34. The first-order chi connectivity index (χ1) is 7.88. The molecule has 0 aromatic carbocycles. The molecule has 3 unspecified atom stereocenters. The molecule has 0 saturated carbocycles. The molecule has 0 radical (unpaired) electrons. The Morgan fingerprint density at radius 1 is 1.24 bits per heavy atom. The molecule has 1 aliphatic rings. The highest BCUT2D eigenvalue weighted by molar-refractivity contribution is 5.87. The van der Waals surface area contributed by atoms with Crippen LogP contribution in [0.5, 0.6) is 0 Å². The van der Waals surface area contributed by atoms with E-state index in [0.29, 0.717) is 23.8 Å². The minimum atomic E-state index is 0.0883. The third-order valence-corrected chi connectivity index (χ3v) is 4.27. The average Bonchev–Trinajstić information content (AvgIpc) is 2.27. The smallest absolute Gasteiger partial charge is 0.246 e. The average molecular weight is 237 g/mol. The van der Waals surface area contributed by atoms with Crippen molar-refractivity contribution in [1.82, 2.24) is 4.90 Å². The van der Waals surface area contributed by atoms with Crippen LogP contribution in [0.1, 0.15) is 41.0 Å². The van der Waals surface area contributed by atoms with Crippen molar-refractivity contribution in [2.75, 3.05) is 6.54 Å². The Balaban J connectivity index is 2.86. The largest absolute Gasteiger partial charge is 0.336 e. The molecular formula is C15H27NO. The first-order valence-electron chi connectivity index (χ1n) is 6.81. The molecule has 1 heterocycles. The lowest BCUT2D eigenvalue weighted by Gasteiger charge is -2.46. The fourth-order valence-electron chi connectivity index (χ4n) is 3.13. The van der Waals surface area contributed by atoms with Crippen molar-refractivity contribution >= 4 is 5.91 Å². The predicted molar refractivity (Wildman–Crippen MR) is 72.6 cm³/mol. The Bertz CT molecular complexity index is 283. The van der Waals surface area contributed by atoms with Crippen LogP contribution in [0.2, 0.25) is 0 Å². The molecule has 2 nitrogen and oxygen atoms in total. The van der Waals surface area contributed by atoms with Crippen molar-refractivity contribution in [3.63, 3.8) is 0 Å². The number of amides is 1. The Labute approximate surface area is 106 Å². The second-order valence-corrected chi connectivity index (χ2v) is 6.10. The summed E-state index contributed by atoms with van der Waals surface area (Å²) in [5, 5.41) is 0. The van der Waals surface area contributed by atoms with Crippen LogP contribution in [0.4, 0.5) is 0 Å². The number of hydrogen-bond acceptors (Lipinski definition) is 1. The summed E-state index contributed by atoms with van der Waals surface area (Å²) in [4.78, 5) is 13.8. The second-order valence-electron chi connectivity index (χ2n) is 6.10. The zero-order valence-electron chi connectivity index (χ0n) is 11.9. The third-order valence-electron chi connectivity index (χ3n) is 4.27. The molecule has 1 aliphatic heterocycles. The molecule has 1 saturated heterocycles. The van der Waals surface area contributed by atoms with Crippen LogP contribution in [0.3, 0.4) is 0 Å². The van der Waals surface area contributed by atoms with Gasteiger partial charge in [-0.05, 0) is 43.1 Å². The summed E-state index contributed by atoms with van der Waals surface area (Å²) in [5.41, 5.74) is 0. The van der Waals surface area contributed by atoms with Gasteiger partial charge in [-0.3, -0.25) is 4.79 Å². The van der Waals surface area contributed by atoms with Gasteiger partial charge in [0.1, 0.15) is 0 Å². The van der Waals surface area contributed by atoms with E-state index in [-0.39, 0.29) is 5.91 Å². The number of nitrogens with zero attached hydrogens (tertiary/aromatic N) is 1. The lowest BCUT2D eigenvalue weighted by atomic mass is 9.71.